The third-order valence-corrected chi connectivity index (χ3v) is 5.43. The third-order valence-electron chi connectivity index (χ3n) is 5.43. The number of amides is 1. The van der Waals surface area contributed by atoms with Crippen LogP contribution in [0.15, 0.2) is 66.7 Å². The van der Waals surface area contributed by atoms with Gasteiger partial charge in [0.1, 0.15) is 5.75 Å². The lowest BCUT2D eigenvalue weighted by Gasteiger charge is -2.28. The number of nitrogens with zero attached hydrogens (tertiary/aromatic N) is 1. The largest absolute Gasteiger partial charge is 0.497 e. The van der Waals surface area contributed by atoms with Gasteiger partial charge in [0.05, 0.1) is 13.2 Å². The molecule has 0 radical (unpaired) electrons. The number of methoxy groups -OCH3 is 1. The third kappa shape index (κ3) is 4.18. The lowest BCUT2D eigenvalue weighted by Crippen LogP contribution is -2.42. The van der Waals surface area contributed by atoms with Gasteiger partial charge in [0.2, 0.25) is 5.91 Å². The van der Waals surface area contributed by atoms with Gasteiger partial charge >= 0.3 is 0 Å². The Balaban J connectivity index is 1.46. The lowest BCUT2D eigenvalue weighted by atomic mass is 10.1. The second kappa shape index (κ2) is 8.03. The van der Waals surface area contributed by atoms with Crippen molar-refractivity contribution in [3.63, 3.8) is 0 Å². The van der Waals surface area contributed by atoms with E-state index in [9.17, 15) is 4.79 Å². The van der Waals surface area contributed by atoms with E-state index in [2.05, 4.69) is 34.5 Å². The Morgan fingerprint density at radius 3 is 2.46 bits per heavy atom. The summed E-state index contributed by atoms with van der Waals surface area (Å²) < 4.78 is 5.24. The van der Waals surface area contributed by atoms with Crippen LogP contribution in [0.25, 0.3) is 10.8 Å². The van der Waals surface area contributed by atoms with E-state index >= 15 is 0 Å². The zero-order valence-electron chi connectivity index (χ0n) is 16.4. The first kappa shape index (κ1) is 18.5. The van der Waals surface area contributed by atoms with Crippen molar-refractivity contribution in [1.29, 1.82) is 0 Å². The number of hydrogen-bond donors (Lipinski definition) is 1. The highest BCUT2D eigenvalue weighted by atomic mass is 16.5. The summed E-state index contributed by atoms with van der Waals surface area (Å²) in [5.41, 5.74) is 2.04. The molecule has 144 valence electrons. The summed E-state index contributed by atoms with van der Waals surface area (Å²) in [6, 6.07) is 22.6. The molecule has 0 spiro atoms. The summed E-state index contributed by atoms with van der Waals surface area (Å²) >= 11 is 0. The molecular formula is C24H26N2O2. The van der Waals surface area contributed by atoms with E-state index in [0.29, 0.717) is 6.04 Å². The van der Waals surface area contributed by atoms with Crippen LogP contribution in [0.5, 0.6) is 5.75 Å². The fourth-order valence-corrected chi connectivity index (χ4v) is 3.59. The van der Waals surface area contributed by atoms with Crippen LogP contribution in [-0.2, 0) is 11.3 Å². The van der Waals surface area contributed by atoms with Crippen LogP contribution in [0.4, 0.5) is 5.69 Å². The molecule has 4 rings (SSSR count). The molecule has 4 heteroatoms. The Labute approximate surface area is 166 Å². The van der Waals surface area contributed by atoms with Crippen molar-refractivity contribution in [2.75, 3.05) is 12.4 Å². The molecular weight excluding hydrogens is 348 g/mol. The monoisotopic (exact) mass is 374 g/mol. The summed E-state index contributed by atoms with van der Waals surface area (Å²) in [7, 11) is 1.67. The highest BCUT2D eigenvalue weighted by Gasteiger charge is 2.35. The van der Waals surface area contributed by atoms with Gasteiger partial charge in [-0.05, 0) is 60.4 Å². The SMILES string of the molecule is COc1ccc(CN(C2CC2)[C@@H](C)C(=O)Nc2ccc3ccccc3c2)cc1. The molecule has 0 aliphatic heterocycles. The van der Waals surface area contributed by atoms with Crippen LogP contribution in [0.3, 0.4) is 0 Å². The summed E-state index contributed by atoms with van der Waals surface area (Å²) in [5, 5.41) is 5.40. The summed E-state index contributed by atoms with van der Waals surface area (Å²) in [6.07, 6.45) is 2.31. The van der Waals surface area contributed by atoms with E-state index in [-0.39, 0.29) is 11.9 Å². The maximum atomic E-state index is 12.9. The minimum absolute atomic E-state index is 0.0377. The number of ether oxygens (including phenoxy) is 1. The molecule has 1 amide bonds. The fourth-order valence-electron chi connectivity index (χ4n) is 3.59. The Bertz CT molecular complexity index is 964. The van der Waals surface area contributed by atoms with E-state index in [4.69, 9.17) is 4.74 Å². The molecule has 1 fully saturated rings. The molecule has 0 aromatic heterocycles. The zero-order valence-corrected chi connectivity index (χ0v) is 16.4. The van der Waals surface area contributed by atoms with Gasteiger partial charge in [0.15, 0.2) is 0 Å². The molecule has 4 nitrogen and oxygen atoms in total. The average molecular weight is 374 g/mol. The second-order valence-corrected chi connectivity index (χ2v) is 7.48. The Hall–Kier alpha value is -2.85. The maximum Gasteiger partial charge on any atom is 0.241 e. The standard InChI is InChI=1S/C24H26N2O2/c1-17(24(27)25-21-10-9-19-5-3-4-6-20(19)15-21)26(22-11-12-22)16-18-7-13-23(28-2)14-8-18/h3-10,13-15,17,22H,11-12,16H2,1-2H3,(H,25,27)/t17-/m0/s1. The number of nitrogens with one attached hydrogen (secondary N) is 1. The first-order valence-electron chi connectivity index (χ1n) is 9.82. The van der Waals surface area contributed by atoms with Crippen LogP contribution in [-0.4, -0.2) is 30.0 Å². The lowest BCUT2D eigenvalue weighted by molar-refractivity contribution is -0.121. The maximum absolute atomic E-state index is 12.9. The topological polar surface area (TPSA) is 41.6 Å². The van der Waals surface area contributed by atoms with Crippen LogP contribution in [0.1, 0.15) is 25.3 Å². The number of rotatable bonds is 7. The van der Waals surface area contributed by atoms with Crippen LogP contribution < -0.4 is 10.1 Å². The highest BCUT2D eigenvalue weighted by Crippen LogP contribution is 2.31. The van der Waals surface area contributed by atoms with Gasteiger partial charge in [0, 0.05) is 18.3 Å². The predicted octanol–water partition coefficient (Wildman–Crippen LogP) is 4.84. The van der Waals surface area contributed by atoms with E-state index in [1.807, 2.05) is 49.4 Å². The molecule has 1 saturated carbocycles. The molecule has 0 bridgehead atoms. The van der Waals surface area contributed by atoms with Crippen LogP contribution >= 0.6 is 0 Å². The minimum atomic E-state index is -0.193. The van der Waals surface area contributed by atoms with Gasteiger partial charge < -0.3 is 10.1 Å². The van der Waals surface area contributed by atoms with Crippen molar-refractivity contribution in [3.05, 3.63) is 72.3 Å². The average Bonchev–Trinajstić information content (AvgIpc) is 3.57. The number of hydrogen-bond acceptors (Lipinski definition) is 3. The molecule has 0 unspecified atom stereocenters. The first-order valence-corrected chi connectivity index (χ1v) is 9.82. The first-order chi connectivity index (χ1) is 13.6. The van der Waals surface area contributed by atoms with E-state index in [1.165, 1.54) is 10.9 Å². The second-order valence-electron chi connectivity index (χ2n) is 7.48. The Morgan fingerprint density at radius 1 is 1.07 bits per heavy atom. The van der Waals surface area contributed by atoms with E-state index in [1.54, 1.807) is 7.11 Å². The summed E-state index contributed by atoms with van der Waals surface area (Å²) in [6.45, 7) is 2.76. The molecule has 28 heavy (non-hydrogen) atoms. The molecule has 3 aromatic carbocycles. The van der Waals surface area contributed by atoms with E-state index in [0.717, 1.165) is 36.2 Å². The summed E-state index contributed by atoms with van der Waals surface area (Å²) in [4.78, 5) is 15.2. The Morgan fingerprint density at radius 2 is 1.79 bits per heavy atom. The Kier molecular flexibility index (Phi) is 5.31. The van der Waals surface area contributed by atoms with Crippen molar-refractivity contribution < 1.29 is 9.53 Å². The van der Waals surface area contributed by atoms with Gasteiger partial charge in [-0.25, -0.2) is 0 Å². The van der Waals surface area contributed by atoms with Gasteiger partial charge in [-0.3, -0.25) is 9.69 Å². The molecule has 0 saturated heterocycles. The molecule has 1 aliphatic rings. The number of anilines is 1. The van der Waals surface area contributed by atoms with Gasteiger partial charge in [-0.1, -0.05) is 42.5 Å². The number of benzene rings is 3. The molecule has 0 heterocycles. The van der Waals surface area contributed by atoms with E-state index < -0.39 is 0 Å². The number of carbonyl (C=O) groups is 1. The quantitative estimate of drug-likeness (QED) is 0.643. The smallest absolute Gasteiger partial charge is 0.241 e. The number of fused-ring (bicyclic) bond motifs is 1. The van der Waals surface area contributed by atoms with Crippen molar-refractivity contribution in [1.82, 2.24) is 4.90 Å². The molecule has 1 aliphatic carbocycles. The highest BCUT2D eigenvalue weighted by molar-refractivity contribution is 5.97. The molecule has 1 atom stereocenters. The summed E-state index contributed by atoms with van der Waals surface area (Å²) in [5.74, 6) is 0.888. The number of carbonyl (C=O) groups excluding carboxylic acids is 1. The normalized spacial score (nSPS) is 14.8. The fraction of sp³-hybridized carbons (Fsp3) is 0.292. The van der Waals surface area contributed by atoms with Crippen molar-refractivity contribution in [3.8, 4) is 5.75 Å². The predicted molar refractivity (Wildman–Crippen MR) is 114 cm³/mol. The van der Waals surface area contributed by atoms with Gasteiger partial charge in [0.25, 0.3) is 0 Å². The molecule has 1 N–H and O–H groups in total. The van der Waals surface area contributed by atoms with Crippen LogP contribution in [0.2, 0.25) is 0 Å². The van der Waals surface area contributed by atoms with Gasteiger partial charge in [-0.15, -0.1) is 0 Å². The van der Waals surface area contributed by atoms with Crippen LogP contribution in [0, 0.1) is 0 Å². The van der Waals surface area contributed by atoms with Crippen molar-refractivity contribution in [2.45, 2.75) is 38.4 Å². The van der Waals surface area contributed by atoms with Gasteiger partial charge in [-0.2, -0.15) is 0 Å². The van der Waals surface area contributed by atoms with Crippen molar-refractivity contribution in [2.24, 2.45) is 0 Å². The zero-order chi connectivity index (χ0) is 19.5. The molecule has 3 aromatic rings. The minimum Gasteiger partial charge on any atom is -0.497 e. The van der Waals surface area contributed by atoms with Crippen molar-refractivity contribution >= 4 is 22.4 Å².